The van der Waals surface area contributed by atoms with Crippen LogP contribution >= 0.6 is 11.6 Å². The van der Waals surface area contributed by atoms with Gasteiger partial charge in [0.2, 0.25) is 11.8 Å². The molecule has 1 aromatic rings. The summed E-state index contributed by atoms with van der Waals surface area (Å²) in [4.78, 5) is 28.7. The molecule has 0 bridgehead atoms. The second-order valence-electron chi connectivity index (χ2n) is 6.05. The molecule has 2 heterocycles. The van der Waals surface area contributed by atoms with Crippen molar-refractivity contribution < 1.29 is 14.3 Å². The van der Waals surface area contributed by atoms with E-state index in [2.05, 4.69) is 10.2 Å². The van der Waals surface area contributed by atoms with Crippen LogP contribution in [0, 0.1) is 5.92 Å². The van der Waals surface area contributed by atoms with Gasteiger partial charge in [-0.3, -0.25) is 14.5 Å². The van der Waals surface area contributed by atoms with Crippen molar-refractivity contribution in [3.05, 3.63) is 29.3 Å². The van der Waals surface area contributed by atoms with Crippen LogP contribution in [0.15, 0.2) is 24.3 Å². The lowest BCUT2D eigenvalue weighted by molar-refractivity contribution is -0.132. The SMILES string of the molecule is O=C(NCCN1CCOCC1)[C@H]1CCN(c2ccc(Cl)cc2)C1=O. The van der Waals surface area contributed by atoms with Crippen LogP contribution in [0.3, 0.4) is 0 Å². The lowest BCUT2D eigenvalue weighted by Gasteiger charge is -2.26. The van der Waals surface area contributed by atoms with Gasteiger partial charge in [-0.15, -0.1) is 0 Å². The number of anilines is 1. The van der Waals surface area contributed by atoms with Crippen LogP contribution in [0.2, 0.25) is 5.02 Å². The molecule has 1 atom stereocenters. The number of hydrogen-bond acceptors (Lipinski definition) is 4. The number of nitrogens with one attached hydrogen (secondary N) is 1. The van der Waals surface area contributed by atoms with Gasteiger partial charge in [0.15, 0.2) is 0 Å². The smallest absolute Gasteiger partial charge is 0.239 e. The van der Waals surface area contributed by atoms with Crippen LogP contribution in [0.4, 0.5) is 5.69 Å². The maximum Gasteiger partial charge on any atom is 0.239 e. The average Bonchev–Trinajstić information content (AvgIpc) is 2.98. The molecule has 6 nitrogen and oxygen atoms in total. The molecule has 1 aromatic carbocycles. The van der Waals surface area contributed by atoms with E-state index in [4.69, 9.17) is 16.3 Å². The first kappa shape index (κ1) is 17.2. The van der Waals surface area contributed by atoms with Crippen molar-refractivity contribution in [2.45, 2.75) is 6.42 Å². The molecule has 0 radical (unpaired) electrons. The number of ether oxygens (including phenoxy) is 1. The average molecular weight is 352 g/mol. The summed E-state index contributed by atoms with van der Waals surface area (Å²) in [7, 11) is 0. The summed E-state index contributed by atoms with van der Waals surface area (Å²) in [6.45, 7) is 5.17. The molecule has 2 fully saturated rings. The Bertz CT molecular complexity index is 587. The Kier molecular flexibility index (Phi) is 5.71. The van der Waals surface area contributed by atoms with Gasteiger partial charge in [-0.1, -0.05) is 11.6 Å². The van der Waals surface area contributed by atoms with Crippen LogP contribution < -0.4 is 10.2 Å². The summed E-state index contributed by atoms with van der Waals surface area (Å²) in [6.07, 6.45) is 0.546. The van der Waals surface area contributed by atoms with Gasteiger partial charge in [-0.2, -0.15) is 0 Å². The summed E-state index contributed by atoms with van der Waals surface area (Å²) in [6, 6.07) is 7.11. The van der Waals surface area contributed by atoms with Crippen molar-refractivity contribution in [2.24, 2.45) is 5.92 Å². The molecular weight excluding hydrogens is 330 g/mol. The predicted octanol–water partition coefficient (Wildman–Crippen LogP) is 1.14. The zero-order valence-electron chi connectivity index (χ0n) is 13.5. The fraction of sp³-hybridized carbons (Fsp3) is 0.529. The molecule has 0 saturated carbocycles. The van der Waals surface area contributed by atoms with Crippen LogP contribution in [0.1, 0.15) is 6.42 Å². The highest BCUT2D eigenvalue weighted by molar-refractivity contribution is 6.30. The van der Waals surface area contributed by atoms with E-state index in [1.165, 1.54) is 0 Å². The zero-order valence-corrected chi connectivity index (χ0v) is 14.3. The highest BCUT2D eigenvalue weighted by Gasteiger charge is 2.37. The number of nitrogens with zero attached hydrogens (tertiary/aromatic N) is 2. The minimum atomic E-state index is -0.592. The third-order valence-electron chi connectivity index (χ3n) is 4.49. The summed E-state index contributed by atoms with van der Waals surface area (Å²) in [5.74, 6) is -0.906. The first-order valence-corrected chi connectivity index (χ1v) is 8.68. The fourth-order valence-electron chi connectivity index (χ4n) is 3.09. The van der Waals surface area contributed by atoms with Gasteiger partial charge >= 0.3 is 0 Å². The number of rotatable bonds is 5. The van der Waals surface area contributed by atoms with Crippen molar-refractivity contribution in [2.75, 3.05) is 50.8 Å². The minimum Gasteiger partial charge on any atom is -0.379 e. The number of benzene rings is 1. The van der Waals surface area contributed by atoms with E-state index in [9.17, 15) is 9.59 Å². The van der Waals surface area contributed by atoms with Gasteiger partial charge in [-0.25, -0.2) is 0 Å². The van der Waals surface area contributed by atoms with Crippen molar-refractivity contribution in [1.82, 2.24) is 10.2 Å². The maximum atomic E-state index is 12.5. The number of carbonyl (C=O) groups is 2. The van der Waals surface area contributed by atoms with E-state index < -0.39 is 5.92 Å². The fourth-order valence-corrected chi connectivity index (χ4v) is 3.21. The Hall–Kier alpha value is -1.63. The Morgan fingerprint density at radius 1 is 1.21 bits per heavy atom. The highest BCUT2D eigenvalue weighted by Crippen LogP contribution is 2.26. The molecule has 1 N–H and O–H groups in total. The maximum absolute atomic E-state index is 12.5. The van der Waals surface area contributed by atoms with Crippen LogP contribution in [-0.4, -0.2) is 62.7 Å². The third kappa shape index (κ3) is 4.06. The molecule has 2 aliphatic heterocycles. The zero-order chi connectivity index (χ0) is 16.9. The minimum absolute atomic E-state index is 0.138. The number of amides is 2. The number of hydrogen-bond donors (Lipinski definition) is 1. The second kappa shape index (κ2) is 7.96. The summed E-state index contributed by atoms with van der Waals surface area (Å²) in [5.41, 5.74) is 0.785. The van der Waals surface area contributed by atoms with Gasteiger partial charge in [0.05, 0.1) is 13.2 Å². The van der Waals surface area contributed by atoms with E-state index in [0.717, 1.165) is 38.5 Å². The van der Waals surface area contributed by atoms with Gasteiger partial charge in [0, 0.05) is 43.4 Å². The first-order chi connectivity index (χ1) is 11.6. The van der Waals surface area contributed by atoms with Crippen molar-refractivity contribution in [3.8, 4) is 0 Å². The quantitative estimate of drug-likeness (QED) is 0.808. The molecule has 2 aliphatic rings. The largest absolute Gasteiger partial charge is 0.379 e. The number of carbonyl (C=O) groups excluding carboxylic acids is 2. The van der Waals surface area contributed by atoms with Crippen molar-refractivity contribution >= 4 is 29.1 Å². The summed E-state index contributed by atoms with van der Waals surface area (Å²) in [5, 5.41) is 3.52. The lowest BCUT2D eigenvalue weighted by Crippen LogP contribution is -2.43. The van der Waals surface area contributed by atoms with Gasteiger partial charge < -0.3 is 15.0 Å². The molecule has 2 saturated heterocycles. The van der Waals surface area contributed by atoms with Crippen LogP contribution in [0.25, 0.3) is 0 Å². The molecule has 0 unspecified atom stereocenters. The van der Waals surface area contributed by atoms with Gasteiger partial charge in [0.25, 0.3) is 0 Å². The Balaban J connectivity index is 1.49. The molecule has 3 rings (SSSR count). The molecule has 0 spiro atoms. The predicted molar refractivity (Wildman–Crippen MR) is 92.2 cm³/mol. The van der Waals surface area contributed by atoms with Gasteiger partial charge in [-0.05, 0) is 30.7 Å². The second-order valence-corrected chi connectivity index (χ2v) is 6.49. The topological polar surface area (TPSA) is 61.9 Å². The molecule has 2 amide bonds. The Morgan fingerprint density at radius 2 is 1.92 bits per heavy atom. The van der Waals surface area contributed by atoms with E-state index in [1.807, 2.05) is 0 Å². The lowest BCUT2D eigenvalue weighted by atomic mass is 10.1. The van der Waals surface area contributed by atoms with E-state index >= 15 is 0 Å². The molecule has 24 heavy (non-hydrogen) atoms. The standard InChI is InChI=1S/C17H22ClN3O3/c18-13-1-3-14(4-2-13)21-7-5-15(17(21)23)16(22)19-6-8-20-9-11-24-12-10-20/h1-4,15H,5-12H2,(H,19,22)/t15-/m1/s1. The molecule has 130 valence electrons. The van der Waals surface area contributed by atoms with Crippen LogP contribution in [-0.2, 0) is 14.3 Å². The van der Waals surface area contributed by atoms with Crippen LogP contribution in [0.5, 0.6) is 0 Å². The summed E-state index contributed by atoms with van der Waals surface area (Å²) >= 11 is 5.88. The van der Waals surface area contributed by atoms with E-state index in [-0.39, 0.29) is 11.8 Å². The van der Waals surface area contributed by atoms with E-state index in [0.29, 0.717) is 24.5 Å². The third-order valence-corrected chi connectivity index (χ3v) is 4.74. The van der Waals surface area contributed by atoms with Gasteiger partial charge in [0.1, 0.15) is 5.92 Å². The molecule has 0 aliphatic carbocycles. The number of halogens is 1. The molecule has 7 heteroatoms. The Morgan fingerprint density at radius 3 is 2.62 bits per heavy atom. The Labute approximate surface area is 146 Å². The normalized spacial score (nSPS) is 22.0. The highest BCUT2D eigenvalue weighted by atomic mass is 35.5. The molecule has 0 aromatic heterocycles. The van der Waals surface area contributed by atoms with Crippen molar-refractivity contribution in [3.63, 3.8) is 0 Å². The first-order valence-electron chi connectivity index (χ1n) is 8.30. The molecular formula is C17H22ClN3O3. The van der Waals surface area contributed by atoms with E-state index in [1.54, 1.807) is 29.2 Å². The van der Waals surface area contributed by atoms with Crippen molar-refractivity contribution in [1.29, 1.82) is 0 Å². The number of morpholine rings is 1. The summed E-state index contributed by atoms with van der Waals surface area (Å²) < 4.78 is 5.30. The monoisotopic (exact) mass is 351 g/mol.